The molecule has 3 heterocycles. The van der Waals surface area contributed by atoms with Gasteiger partial charge < -0.3 is 19.6 Å². The number of benzene rings is 1. The molecule has 0 aliphatic heterocycles. The Labute approximate surface area is 235 Å². The van der Waals surface area contributed by atoms with Gasteiger partial charge in [-0.2, -0.15) is 0 Å². The predicted octanol–water partition coefficient (Wildman–Crippen LogP) is 3.34. The van der Waals surface area contributed by atoms with Crippen LogP contribution in [0.3, 0.4) is 0 Å². The molecular weight excluding hydrogens is 528 g/mol. The van der Waals surface area contributed by atoms with Crippen LogP contribution in [-0.2, 0) is 35.6 Å². The molecule has 0 amide bonds. The number of rotatable bonds is 11. The molecule has 3 atom stereocenters. The molecule has 11 nitrogen and oxygen atoms in total. The maximum absolute atomic E-state index is 12.5. The van der Waals surface area contributed by atoms with Crippen LogP contribution in [0.2, 0.25) is 0 Å². The Hall–Kier alpha value is -3.77. The highest BCUT2D eigenvalue weighted by atomic mass is 32.2. The molecule has 0 spiro atoms. The van der Waals surface area contributed by atoms with E-state index < -0.39 is 15.6 Å². The zero-order valence-electron chi connectivity index (χ0n) is 23.5. The summed E-state index contributed by atoms with van der Waals surface area (Å²) in [6.45, 7) is 5.36. The first-order valence-corrected chi connectivity index (χ1v) is 15.1. The SMILES string of the molecule is CC1CC1CN(Cc1nccn1C)c1cc(-c2nnc([C@](C)(N)Cc3ccccc3)o2)cc(N(C)S(C)(=O)=O)n1. The van der Waals surface area contributed by atoms with Crippen molar-refractivity contribution in [1.82, 2.24) is 24.7 Å². The van der Waals surface area contributed by atoms with Gasteiger partial charge in [-0.3, -0.25) is 4.31 Å². The number of anilines is 2. The molecule has 0 radical (unpaired) electrons. The van der Waals surface area contributed by atoms with Crippen LogP contribution in [0.5, 0.6) is 0 Å². The Bertz CT molecular complexity index is 1580. The zero-order valence-corrected chi connectivity index (χ0v) is 24.3. The first-order valence-electron chi connectivity index (χ1n) is 13.2. The molecule has 2 unspecified atom stereocenters. The van der Waals surface area contributed by atoms with Gasteiger partial charge in [0.25, 0.3) is 0 Å². The highest BCUT2D eigenvalue weighted by Crippen LogP contribution is 2.40. The molecule has 1 fully saturated rings. The van der Waals surface area contributed by atoms with Crippen LogP contribution in [-0.4, -0.2) is 53.0 Å². The number of nitrogens with zero attached hydrogens (tertiary/aromatic N) is 7. The number of pyridine rings is 1. The molecule has 3 aromatic heterocycles. The first-order chi connectivity index (χ1) is 18.9. The van der Waals surface area contributed by atoms with E-state index in [0.717, 1.165) is 34.9 Å². The fourth-order valence-electron chi connectivity index (χ4n) is 4.68. The molecule has 1 aliphatic rings. The summed E-state index contributed by atoms with van der Waals surface area (Å²) in [4.78, 5) is 11.4. The smallest absolute Gasteiger partial charge is 0.248 e. The molecule has 1 saturated carbocycles. The topological polar surface area (TPSA) is 136 Å². The molecule has 1 aliphatic carbocycles. The van der Waals surface area contributed by atoms with Gasteiger partial charge in [0.2, 0.25) is 21.8 Å². The lowest BCUT2D eigenvalue weighted by atomic mass is 9.94. The summed E-state index contributed by atoms with van der Waals surface area (Å²) in [5.74, 6) is 3.40. The van der Waals surface area contributed by atoms with E-state index in [1.165, 1.54) is 7.05 Å². The number of hydrogen-bond donors (Lipinski definition) is 1. The van der Waals surface area contributed by atoms with Gasteiger partial charge in [0, 0.05) is 38.6 Å². The first kappa shape index (κ1) is 27.8. The zero-order chi connectivity index (χ0) is 28.7. The van der Waals surface area contributed by atoms with Gasteiger partial charge in [0.15, 0.2) is 0 Å². The van der Waals surface area contributed by atoms with Crippen LogP contribution >= 0.6 is 0 Å². The highest BCUT2D eigenvalue weighted by Gasteiger charge is 2.35. The molecule has 12 heteroatoms. The van der Waals surface area contributed by atoms with E-state index in [1.807, 2.05) is 61.1 Å². The van der Waals surface area contributed by atoms with Crippen molar-refractivity contribution in [2.45, 2.75) is 38.8 Å². The quantitative estimate of drug-likeness (QED) is 0.291. The van der Waals surface area contributed by atoms with Crippen molar-refractivity contribution in [2.75, 3.05) is 29.1 Å². The van der Waals surface area contributed by atoms with Crippen molar-refractivity contribution in [3.8, 4) is 11.5 Å². The van der Waals surface area contributed by atoms with Gasteiger partial charge in [0.1, 0.15) is 17.5 Å². The third kappa shape index (κ3) is 6.18. The highest BCUT2D eigenvalue weighted by molar-refractivity contribution is 7.92. The fourth-order valence-corrected chi connectivity index (χ4v) is 5.11. The second-order valence-electron chi connectivity index (χ2n) is 11.1. The van der Waals surface area contributed by atoms with Crippen LogP contribution in [0.4, 0.5) is 11.6 Å². The molecule has 0 bridgehead atoms. The molecule has 2 N–H and O–H groups in total. The normalized spacial score (nSPS) is 18.4. The van der Waals surface area contributed by atoms with Gasteiger partial charge in [-0.1, -0.05) is 37.3 Å². The maximum atomic E-state index is 12.5. The van der Waals surface area contributed by atoms with Crippen molar-refractivity contribution in [2.24, 2.45) is 24.6 Å². The van der Waals surface area contributed by atoms with Gasteiger partial charge in [-0.15, -0.1) is 10.2 Å². The van der Waals surface area contributed by atoms with Crippen molar-refractivity contribution < 1.29 is 12.8 Å². The summed E-state index contributed by atoms with van der Waals surface area (Å²) in [6, 6.07) is 13.4. The Morgan fingerprint density at radius 1 is 1.18 bits per heavy atom. The number of imidazole rings is 1. The summed E-state index contributed by atoms with van der Waals surface area (Å²) >= 11 is 0. The maximum Gasteiger partial charge on any atom is 0.248 e. The van der Waals surface area contributed by atoms with E-state index in [-0.39, 0.29) is 11.7 Å². The van der Waals surface area contributed by atoms with E-state index in [9.17, 15) is 8.42 Å². The van der Waals surface area contributed by atoms with Crippen LogP contribution < -0.4 is 14.9 Å². The minimum absolute atomic E-state index is 0.239. The van der Waals surface area contributed by atoms with E-state index >= 15 is 0 Å². The second-order valence-corrected chi connectivity index (χ2v) is 13.1. The van der Waals surface area contributed by atoms with Gasteiger partial charge in [-0.05, 0) is 49.3 Å². The molecule has 212 valence electrons. The molecule has 0 saturated heterocycles. The van der Waals surface area contributed by atoms with Crippen molar-refractivity contribution >= 4 is 21.7 Å². The average Bonchev–Trinajstić information content (AvgIpc) is 3.24. The number of aryl methyl sites for hydroxylation is 1. The molecule has 5 rings (SSSR count). The lowest BCUT2D eigenvalue weighted by molar-refractivity contribution is 0.355. The lowest BCUT2D eigenvalue weighted by Crippen LogP contribution is -2.35. The molecule has 40 heavy (non-hydrogen) atoms. The Morgan fingerprint density at radius 3 is 2.50 bits per heavy atom. The second kappa shape index (κ2) is 10.7. The number of aromatic nitrogens is 5. The van der Waals surface area contributed by atoms with E-state index in [2.05, 4.69) is 27.0 Å². The minimum Gasteiger partial charge on any atom is -0.419 e. The minimum atomic E-state index is -3.58. The van der Waals surface area contributed by atoms with Crippen molar-refractivity contribution in [1.29, 1.82) is 0 Å². The summed E-state index contributed by atoms with van der Waals surface area (Å²) in [5.41, 5.74) is 7.33. The average molecular weight is 565 g/mol. The Kier molecular flexibility index (Phi) is 7.40. The van der Waals surface area contributed by atoms with Gasteiger partial charge in [0.05, 0.1) is 18.3 Å². The third-order valence-electron chi connectivity index (χ3n) is 7.50. The predicted molar refractivity (Wildman–Crippen MR) is 154 cm³/mol. The van der Waals surface area contributed by atoms with Gasteiger partial charge >= 0.3 is 0 Å². The molecule has 1 aromatic carbocycles. The summed E-state index contributed by atoms with van der Waals surface area (Å²) in [5, 5.41) is 8.58. The fraction of sp³-hybridized carbons (Fsp3) is 0.429. The van der Waals surface area contributed by atoms with E-state index in [4.69, 9.17) is 15.1 Å². The molecule has 4 aromatic rings. The summed E-state index contributed by atoms with van der Waals surface area (Å²) < 4.78 is 34.2. The lowest BCUT2D eigenvalue weighted by Gasteiger charge is -2.26. The van der Waals surface area contributed by atoms with Gasteiger partial charge in [-0.25, -0.2) is 18.4 Å². The summed E-state index contributed by atoms with van der Waals surface area (Å²) in [6.07, 6.45) is 6.46. The van der Waals surface area contributed by atoms with E-state index in [1.54, 1.807) is 12.3 Å². The Balaban J connectivity index is 1.54. The monoisotopic (exact) mass is 564 g/mol. The van der Waals surface area contributed by atoms with Crippen LogP contribution in [0.1, 0.15) is 37.5 Å². The number of hydrogen-bond acceptors (Lipinski definition) is 9. The van der Waals surface area contributed by atoms with Crippen LogP contribution in [0.15, 0.2) is 59.3 Å². The van der Waals surface area contributed by atoms with Crippen LogP contribution in [0, 0.1) is 11.8 Å². The van der Waals surface area contributed by atoms with Crippen LogP contribution in [0.25, 0.3) is 11.5 Å². The Morgan fingerprint density at radius 2 is 1.88 bits per heavy atom. The van der Waals surface area contributed by atoms with Crippen molar-refractivity contribution in [3.63, 3.8) is 0 Å². The van der Waals surface area contributed by atoms with Crippen molar-refractivity contribution in [3.05, 3.63) is 72.1 Å². The largest absolute Gasteiger partial charge is 0.419 e. The summed E-state index contributed by atoms with van der Waals surface area (Å²) in [7, 11) is -0.147. The molecular formula is C28H36N8O3S. The number of nitrogens with two attached hydrogens (primary N) is 1. The van der Waals surface area contributed by atoms with E-state index in [0.29, 0.717) is 42.1 Å². The third-order valence-corrected chi connectivity index (χ3v) is 8.68. The standard InChI is InChI=1S/C28H36N8O3S/c1-19-13-22(19)17-36(18-25-30-11-12-34(25)3)24-15-21(14-23(31-24)35(4)40(5,37)38)26-32-33-27(39-26)28(2,29)16-20-9-7-6-8-10-20/h6-12,14-15,19,22H,13,16-18,29H2,1-5H3/t19?,22?,28-/m1/s1. The number of sulfonamides is 1.